The lowest BCUT2D eigenvalue weighted by Gasteiger charge is -2.05. The molecule has 0 fully saturated rings. The summed E-state index contributed by atoms with van der Waals surface area (Å²) in [6.45, 7) is 4.47. The van der Waals surface area contributed by atoms with E-state index >= 15 is 0 Å². The second-order valence-corrected chi connectivity index (χ2v) is 8.91. The summed E-state index contributed by atoms with van der Waals surface area (Å²) < 4.78 is 5.41. The van der Waals surface area contributed by atoms with Crippen molar-refractivity contribution in [2.45, 2.75) is 104 Å². The molecule has 1 aromatic carbocycles. The Kier molecular flexibility index (Phi) is 14.4. The average molecular weight is 463 g/mol. The molecule has 0 aliphatic carbocycles. The molecule has 0 spiro atoms. The van der Waals surface area contributed by atoms with Crippen LogP contribution in [-0.2, 0) is 11.2 Å². The molecule has 4 heteroatoms. The molecule has 0 aliphatic heterocycles. The summed E-state index contributed by atoms with van der Waals surface area (Å²) in [5.74, 6) is 0.931. The van der Waals surface area contributed by atoms with Crippen LogP contribution in [0.3, 0.4) is 0 Å². The lowest BCUT2D eigenvalue weighted by molar-refractivity contribution is -0.133. The van der Waals surface area contributed by atoms with Crippen LogP contribution in [0.25, 0.3) is 11.4 Å². The van der Waals surface area contributed by atoms with E-state index in [1.165, 1.54) is 76.2 Å². The molecule has 0 radical (unpaired) electrons. The maximum atomic E-state index is 12.0. The number of ether oxygens (including phenoxy) is 1. The predicted octanol–water partition coefficient (Wildman–Crippen LogP) is 8.41. The van der Waals surface area contributed by atoms with Crippen molar-refractivity contribution in [3.05, 3.63) is 60.1 Å². The summed E-state index contributed by atoms with van der Waals surface area (Å²) in [5, 5.41) is 0. The van der Waals surface area contributed by atoms with Gasteiger partial charge in [-0.15, -0.1) is 5.73 Å². The fourth-order valence-corrected chi connectivity index (χ4v) is 3.75. The molecular weight excluding hydrogens is 420 g/mol. The molecule has 0 atom stereocenters. The van der Waals surface area contributed by atoms with Gasteiger partial charge in [-0.25, -0.2) is 9.97 Å². The van der Waals surface area contributed by atoms with Gasteiger partial charge in [0, 0.05) is 18.0 Å². The summed E-state index contributed by atoms with van der Waals surface area (Å²) in [5.41, 5.74) is 5.18. The van der Waals surface area contributed by atoms with Crippen molar-refractivity contribution in [2.75, 3.05) is 0 Å². The topological polar surface area (TPSA) is 52.1 Å². The zero-order valence-electron chi connectivity index (χ0n) is 21.2. The number of aromatic nitrogens is 2. The number of unbranched alkanes of at least 4 members (excludes halogenated alkanes) is 10. The molecule has 2 aromatic rings. The molecule has 0 aliphatic rings. The van der Waals surface area contributed by atoms with Crippen molar-refractivity contribution in [2.24, 2.45) is 0 Å². The van der Waals surface area contributed by atoms with Crippen LogP contribution in [-0.4, -0.2) is 15.9 Å². The zero-order valence-corrected chi connectivity index (χ0v) is 21.2. The Balaban J connectivity index is 1.70. The smallest absolute Gasteiger partial charge is 0.315 e. The number of rotatable bonds is 17. The number of carbonyl (C=O) groups excluding carboxylic acids is 1. The molecule has 0 saturated heterocycles. The van der Waals surface area contributed by atoms with E-state index in [1.54, 1.807) is 18.2 Å². The summed E-state index contributed by atoms with van der Waals surface area (Å²) >= 11 is 0. The Morgan fingerprint density at radius 1 is 0.824 bits per heavy atom. The first-order valence-electron chi connectivity index (χ1n) is 13.2. The minimum atomic E-state index is -0.285. The van der Waals surface area contributed by atoms with E-state index in [9.17, 15) is 4.79 Å². The third kappa shape index (κ3) is 12.0. The molecule has 0 saturated carbocycles. The van der Waals surface area contributed by atoms with Gasteiger partial charge in [0.25, 0.3) is 0 Å². The molecule has 0 amide bonds. The van der Waals surface area contributed by atoms with Gasteiger partial charge in [-0.1, -0.05) is 71.6 Å². The standard InChI is InChI=1S/C30H42N2O2/c1-3-5-7-9-11-12-13-15-17-19-29(33)34-28-22-20-27(21-23-28)30-31-24-26(25-32-30)18-16-14-10-8-6-4-2/h13,17,20-25H,3-12,14,16,18-19H2,1-2H3. The quantitative estimate of drug-likeness (QED) is 0.102. The zero-order chi connectivity index (χ0) is 24.3. The van der Waals surface area contributed by atoms with E-state index in [1.807, 2.05) is 30.6 Å². The number of carbonyl (C=O) groups is 1. The lowest BCUT2D eigenvalue weighted by atomic mass is 10.1. The van der Waals surface area contributed by atoms with Crippen LogP contribution in [0.2, 0.25) is 0 Å². The average Bonchev–Trinajstić information content (AvgIpc) is 2.86. The molecule has 184 valence electrons. The van der Waals surface area contributed by atoms with Crippen LogP contribution in [0.4, 0.5) is 0 Å². The summed E-state index contributed by atoms with van der Waals surface area (Å²) in [6.07, 6.45) is 23.9. The predicted molar refractivity (Wildman–Crippen MR) is 141 cm³/mol. The third-order valence-electron chi connectivity index (χ3n) is 5.82. The fourth-order valence-electron chi connectivity index (χ4n) is 3.75. The first-order chi connectivity index (χ1) is 16.7. The van der Waals surface area contributed by atoms with Crippen LogP contribution in [0.15, 0.2) is 54.5 Å². The van der Waals surface area contributed by atoms with Crippen LogP contribution in [0.5, 0.6) is 5.75 Å². The second-order valence-electron chi connectivity index (χ2n) is 8.91. The van der Waals surface area contributed by atoms with Gasteiger partial charge in [-0.05, 0) is 67.7 Å². The van der Waals surface area contributed by atoms with Crippen molar-refractivity contribution >= 4 is 5.97 Å². The van der Waals surface area contributed by atoms with Gasteiger partial charge in [0.1, 0.15) is 5.75 Å². The number of aryl methyl sites for hydroxylation is 1. The largest absolute Gasteiger partial charge is 0.426 e. The van der Waals surface area contributed by atoms with Gasteiger partial charge >= 0.3 is 5.97 Å². The minimum absolute atomic E-state index is 0.220. The number of hydrogen-bond acceptors (Lipinski definition) is 4. The molecule has 1 heterocycles. The van der Waals surface area contributed by atoms with E-state index in [0.717, 1.165) is 18.4 Å². The van der Waals surface area contributed by atoms with E-state index in [-0.39, 0.29) is 12.4 Å². The van der Waals surface area contributed by atoms with Crippen molar-refractivity contribution < 1.29 is 9.53 Å². The normalized spacial score (nSPS) is 10.5. The molecule has 1 aromatic heterocycles. The van der Waals surface area contributed by atoms with Crippen molar-refractivity contribution in [3.63, 3.8) is 0 Å². The van der Waals surface area contributed by atoms with Gasteiger partial charge < -0.3 is 4.74 Å². The van der Waals surface area contributed by atoms with E-state index < -0.39 is 0 Å². The number of hydrogen-bond donors (Lipinski definition) is 0. The molecule has 0 bridgehead atoms. The molecule has 0 unspecified atom stereocenters. The Labute approximate surface area is 206 Å². The fraction of sp³-hybridized carbons (Fsp3) is 0.533. The van der Waals surface area contributed by atoms with Gasteiger partial charge in [0.2, 0.25) is 0 Å². The van der Waals surface area contributed by atoms with Crippen molar-refractivity contribution in [1.29, 1.82) is 0 Å². The van der Waals surface area contributed by atoms with Crippen molar-refractivity contribution in [3.8, 4) is 17.1 Å². The number of nitrogens with zero attached hydrogens (tertiary/aromatic N) is 2. The Bertz CT molecular complexity index is 866. The summed E-state index contributed by atoms with van der Waals surface area (Å²) in [7, 11) is 0. The van der Waals surface area contributed by atoms with Gasteiger partial charge in [-0.3, -0.25) is 4.79 Å². The first-order valence-corrected chi connectivity index (χ1v) is 13.2. The van der Waals surface area contributed by atoms with Crippen LogP contribution in [0, 0.1) is 0 Å². The highest BCUT2D eigenvalue weighted by atomic mass is 16.5. The number of benzene rings is 1. The second kappa shape index (κ2) is 17.7. The lowest BCUT2D eigenvalue weighted by Crippen LogP contribution is -2.05. The van der Waals surface area contributed by atoms with Crippen LogP contribution < -0.4 is 4.74 Å². The summed E-state index contributed by atoms with van der Waals surface area (Å²) in [4.78, 5) is 21.1. The molecule has 0 N–H and O–H groups in total. The first kappa shape index (κ1) is 27.5. The minimum Gasteiger partial charge on any atom is -0.426 e. The van der Waals surface area contributed by atoms with E-state index in [2.05, 4.69) is 29.5 Å². The van der Waals surface area contributed by atoms with Gasteiger partial charge in [0.15, 0.2) is 5.82 Å². The molecular formula is C30H42N2O2. The highest BCUT2D eigenvalue weighted by molar-refractivity contribution is 5.74. The highest BCUT2D eigenvalue weighted by Gasteiger charge is 2.05. The van der Waals surface area contributed by atoms with E-state index in [4.69, 9.17) is 4.74 Å². The van der Waals surface area contributed by atoms with E-state index in [0.29, 0.717) is 11.6 Å². The molecule has 2 rings (SSSR count). The maximum absolute atomic E-state index is 12.0. The monoisotopic (exact) mass is 462 g/mol. The maximum Gasteiger partial charge on any atom is 0.315 e. The number of esters is 1. The Hall–Kier alpha value is -2.71. The van der Waals surface area contributed by atoms with Gasteiger partial charge in [-0.2, -0.15) is 0 Å². The Morgan fingerprint density at radius 3 is 2.12 bits per heavy atom. The van der Waals surface area contributed by atoms with Crippen LogP contribution in [0.1, 0.15) is 103 Å². The highest BCUT2D eigenvalue weighted by Crippen LogP contribution is 2.20. The van der Waals surface area contributed by atoms with Crippen LogP contribution >= 0.6 is 0 Å². The SMILES string of the molecule is CCCCCCCC=C=CCC(=O)Oc1ccc(-c2ncc(CCCCCCCC)cn2)cc1. The Morgan fingerprint density at radius 2 is 1.44 bits per heavy atom. The van der Waals surface area contributed by atoms with Gasteiger partial charge in [0.05, 0.1) is 6.42 Å². The summed E-state index contributed by atoms with van der Waals surface area (Å²) in [6, 6.07) is 7.35. The van der Waals surface area contributed by atoms with Crippen molar-refractivity contribution in [1.82, 2.24) is 9.97 Å². The molecule has 4 nitrogen and oxygen atoms in total. The molecule has 34 heavy (non-hydrogen) atoms. The third-order valence-corrected chi connectivity index (χ3v) is 5.82.